The molecule has 338 valence electrons. The van der Waals surface area contributed by atoms with Crippen molar-refractivity contribution in [2.24, 2.45) is 0 Å². The summed E-state index contributed by atoms with van der Waals surface area (Å²) in [6, 6.07) is 63.7. The molecule has 10 aromatic rings. The van der Waals surface area contributed by atoms with Gasteiger partial charge in [0.25, 0.3) is 0 Å². The van der Waals surface area contributed by atoms with E-state index in [1.165, 1.54) is 94.7 Å². The van der Waals surface area contributed by atoms with Crippen LogP contribution in [0.15, 0.2) is 170 Å². The molecule has 0 aliphatic carbocycles. The Morgan fingerprint density at radius 2 is 0.500 bits per heavy atom. The molecule has 4 aromatic heterocycles. The summed E-state index contributed by atoms with van der Waals surface area (Å²) in [6.45, 7) is 17.7. The predicted molar refractivity (Wildman–Crippen MR) is 302 cm³/mol. The van der Waals surface area contributed by atoms with E-state index in [1.807, 2.05) is 45.3 Å². The predicted octanol–water partition coefficient (Wildman–Crippen LogP) is 20.2. The summed E-state index contributed by atoms with van der Waals surface area (Å²) in [5.74, 6) is 0. The van der Waals surface area contributed by atoms with Crippen LogP contribution in [0.4, 0.5) is 34.1 Å². The normalized spacial score (nSPS) is 11.4. The zero-order valence-electron chi connectivity index (χ0n) is 40.1. The maximum Gasteiger partial charge on any atom is 0.0462 e. The lowest BCUT2D eigenvalue weighted by molar-refractivity contribution is 1.18. The van der Waals surface area contributed by atoms with E-state index in [-0.39, 0.29) is 0 Å². The maximum atomic E-state index is 2.38. The van der Waals surface area contributed by atoms with E-state index < -0.39 is 0 Å². The van der Waals surface area contributed by atoms with Gasteiger partial charge in [-0.25, -0.2) is 0 Å². The molecule has 0 radical (unpaired) electrons. The number of aryl methyl sites for hydroxylation is 8. The van der Waals surface area contributed by atoms with E-state index in [1.54, 1.807) is 0 Å². The summed E-state index contributed by atoms with van der Waals surface area (Å²) < 4.78 is 0. The standard InChI is InChI=1S/C62H56N2S4/c1-9-57-37-41(5)61(67-57)49-19-31-55(32-20-49)64(56-33-21-50(22-34-56)62-42(6)38-58(10-2)68-62)52-25-13-46(14-26-52)45-11-23-51(24-12-45)63(53-27-15-47(16-28-53)59-39(3)35-43(7)65-59)54-29-17-48(18-30-54)60-40(4)36-44(8)66-60/h11-38H,9-10H2,1-8H3. The summed E-state index contributed by atoms with van der Waals surface area (Å²) in [5, 5.41) is 0. The highest BCUT2D eigenvalue weighted by atomic mass is 32.1. The van der Waals surface area contributed by atoms with Crippen LogP contribution in [-0.2, 0) is 12.8 Å². The molecular formula is C62H56N2S4. The van der Waals surface area contributed by atoms with Gasteiger partial charge < -0.3 is 9.80 Å². The van der Waals surface area contributed by atoms with Gasteiger partial charge in [-0.1, -0.05) is 86.6 Å². The zero-order valence-corrected chi connectivity index (χ0v) is 43.4. The molecule has 0 amide bonds. The van der Waals surface area contributed by atoms with Gasteiger partial charge in [0.05, 0.1) is 0 Å². The summed E-state index contributed by atoms with van der Waals surface area (Å²) in [6.07, 6.45) is 2.12. The Labute approximate surface area is 419 Å². The van der Waals surface area contributed by atoms with Crippen LogP contribution < -0.4 is 9.80 Å². The van der Waals surface area contributed by atoms with E-state index in [9.17, 15) is 0 Å². The highest BCUT2D eigenvalue weighted by Gasteiger charge is 2.18. The van der Waals surface area contributed by atoms with Crippen LogP contribution >= 0.6 is 45.3 Å². The molecule has 0 bridgehead atoms. The van der Waals surface area contributed by atoms with Crippen LogP contribution in [0.2, 0.25) is 0 Å². The first kappa shape index (κ1) is 45.5. The third-order valence-electron chi connectivity index (χ3n) is 12.9. The molecule has 4 heterocycles. The van der Waals surface area contributed by atoms with Gasteiger partial charge in [0.1, 0.15) is 0 Å². The van der Waals surface area contributed by atoms with Crippen LogP contribution in [0.1, 0.15) is 55.6 Å². The van der Waals surface area contributed by atoms with Crippen molar-refractivity contribution < 1.29 is 0 Å². The molecule has 6 aromatic carbocycles. The van der Waals surface area contributed by atoms with Crippen molar-refractivity contribution >= 4 is 79.5 Å². The zero-order chi connectivity index (χ0) is 47.1. The molecule has 0 saturated heterocycles. The molecule has 0 aliphatic rings. The summed E-state index contributed by atoms with van der Waals surface area (Å²) in [7, 11) is 0. The van der Waals surface area contributed by atoms with E-state index in [0.717, 1.165) is 47.0 Å². The summed E-state index contributed by atoms with van der Waals surface area (Å²) in [4.78, 5) is 15.7. The van der Waals surface area contributed by atoms with Crippen LogP contribution in [0.3, 0.4) is 0 Å². The van der Waals surface area contributed by atoms with Crippen molar-refractivity contribution in [3.8, 4) is 52.9 Å². The number of anilines is 6. The minimum absolute atomic E-state index is 1.06. The number of benzene rings is 6. The average Bonchev–Trinajstić information content (AvgIpc) is 4.13. The second-order valence-corrected chi connectivity index (χ2v) is 22.6. The second kappa shape index (κ2) is 19.4. The van der Waals surface area contributed by atoms with Crippen molar-refractivity contribution in [3.05, 3.63) is 212 Å². The highest BCUT2D eigenvalue weighted by molar-refractivity contribution is 7.16. The van der Waals surface area contributed by atoms with Gasteiger partial charge >= 0.3 is 0 Å². The van der Waals surface area contributed by atoms with Gasteiger partial charge in [-0.05, 0) is 207 Å². The highest BCUT2D eigenvalue weighted by Crippen LogP contribution is 2.43. The van der Waals surface area contributed by atoms with Gasteiger partial charge in [0.15, 0.2) is 0 Å². The SMILES string of the molecule is CCc1cc(C)c(-c2ccc(N(c3ccc(-c4ccc(N(c5ccc(-c6sc(C)cc6C)cc5)c5ccc(-c6sc(C)cc6C)cc5)cc4)cc3)c3ccc(-c4sc(CC)cc4C)cc3)cc2)s1. The molecule has 0 saturated carbocycles. The van der Waals surface area contributed by atoms with Crippen LogP contribution in [-0.4, -0.2) is 0 Å². The van der Waals surface area contributed by atoms with Crippen LogP contribution in [0.25, 0.3) is 52.9 Å². The van der Waals surface area contributed by atoms with Crippen molar-refractivity contribution in [2.75, 3.05) is 9.80 Å². The van der Waals surface area contributed by atoms with Crippen molar-refractivity contribution in [2.45, 2.75) is 68.2 Å². The van der Waals surface area contributed by atoms with Gasteiger partial charge in [-0.2, -0.15) is 0 Å². The smallest absolute Gasteiger partial charge is 0.0462 e. The Bertz CT molecular complexity index is 3140. The molecule has 0 N–H and O–H groups in total. The largest absolute Gasteiger partial charge is 0.311 e. The third kappa shape index (κ3) is 9.19. The Hall–Kier alpha value is -6.28. The minimum Gasteiger partial charge on any atom is -0.311 e. The van der Waals surface area contributed by atoms with E-state index in [0.29, 0.717) is 0 Å². The van der Waals surface area contributed by atoms with Gasteiger partial charge in [-0.15, -0.1) is 45.3 Å². The number of hydrogen-bond acceptors (Lipinski definition) is 6. The van der Waals surface area contributed by atoms with E-state index in [2.05, 4.69) is 235 Å². The Balaban J connectivity index is 0.969. The quantitative estimate of drug-likeness (QED) is 0.114. The lowest BCUT2D eigenvalue weighted by atomic mass is 10.0. The third-order valence-corrected chi connectivity index (χ3v) is 18.1. The molecular weight excluding hydrogens is 901 g/mol. The van der Waals surface area contributed by atoms with Crippen molar-refractivity contribution in [3.63, 3.8) is 0 Å². The average molecular weight is 957 g/mol. The molecule has 10 rings (SSSR count). The molecule has 6 heteroatoms. The fourth-order valence-electron chi connectivity index (χ4n) is 9.42. The Kier molecular flexibility index (Phi) is 13.0. The first-order valence-corrected chi connectivity index (χ1v) is 26.8. The van der Waals surface area contributed by atoms with Crippen molar-refractivity contribution in [1.29, 1.82) is 0 Å². The monoisotopic (exact) mass is 956 g/mol. The molecule has 2 nitrogen and oxygen atoms in total. The first-order valence-electron chi connectivity index (χ1n) is 23.6. The van der Waals surface area contributed by atoms with Gasteiger partial charge in [0, 0.05) is 73.1 Å². The Morgan fingerprint density at radius 3 is 0.706 bits per heavy atom. The maximum absolute atomic E-state index is 2.38. The molecule has 0 fully saturated rings. The first-order chi connectivity index (χ1) is 33.0. The number of rotatable bonds is 13. The second-order valence-electron chi connectivity index (χ2n) is 17.8. The Morgan fingerprint density at radius 1 is 0.279 bits per heavy atom. The van der Waals surface area contributed by atoms with Crippen LogP contribution in [0.5, 0.6) is 0 Å². The molecule has 0 atom stereocenters. The van der Waals surface area contributed by atoms with Crippen LogP contribution in [0, 0.1) is 41.5 Å². The number of nitrogens with zero attached hydrogens (tertiary/aromatic N) is 2. The molecule has 0 aliphatic heterocycles. The van der Waals surface area contributed by atoms with Crippen molar-refractivity contribution in [1.82, 2.24) is 0 Å². The summed E-state index contributed by atoms with van der Waals surface area (Å²) >= 11 is 7.55. The lowest BCUT2D eigenvalue weighted by Crippen LogP contribution is -2.10. The molecule has 0 spiro atoms. The minimum atomic E-state index is 1.06. The van der Waals surface area contributed by atoms with Gasteiger partial charge in [-0.3, -0.25) is 0 Å². The fourth-order valence-corrected chi connectivity index (χ4v) is 13.7. The molecule has 68 heavy (non-hydrogen) atoms. The summed E-state index contributed by atoms with van der Waals surface area (Å²) in [5.41, 5.74) is 19.5. The van der Waals surface area contributed by atoms with Gasteiger partial charge in [0.2, 0.25) is 0 Å². The topological polar surface area (TPSA) is 6.48 Å². The van der Waals surface area contributed by atoms with E-state index >= 15 is 0 Å². The number of hydrogen-bond donors (Lipinski definition) is 0. The lowest BCUT2D eigenvalue weighted by Gasteiger charge is -2.27. The fraction of sp³-hybridized carbons (Fsp3) is 0.161. The number of thiophene rings is 4. The molecule has 0 unspecified atom stereocenters. The van der Waals surface area contributed by atoms with E-state index in [4.69, 9.17) is 0 Å².